The van der Waals surface area contributed by atoms with Gasteiger partial charge in [-0.15, -0.1) is 11.3 Å². The summed E-state index contributed by atoms with van der Waals surface area (Å²) in [7, 11) is 0. The molecular weight excluding hydrogens is 540 g/mol. The second kappa shape index (κ2) is 9.63. The van der Waals surface area contributed by atoms with Crippen molar-refractivity contribution in [1.82, 2.24) is 18.9 Å². The Balaban J connectivity index is 1.42. The van der Waals surface area contributed by atoms with Gasteiger partial charge in [-0.3, -0.25) is 18.6 Å². The maximum absolute atomic E-state index is 13.3. The normalized spacial score (nSPS) is 18.5. The summed E-state index contributed by atoms with van der Waals surface area (Å²) in [6.07, 6.45) is 4.28. The van der Waals surface area contributed by atoms with Gasteiger partial charge in [0.15, 0.2) is 5.16 Å². The first-order chi connectivity index (χ1) is 16.4. The molecule has 4 heterocycles. The number of halogens is 1. The smallest absolute Gasteiger partial charge is 0.272 e. The van der Waals surface area contributed by atoms with E-state index in [1.807, 2.05) is 17.5 Å². The molecule has 1 fully saturated rings. The molecule has 0 aliphatic heterocycles. The van der Waals surface area contributed by atoms with Crippen molar-refractivity contribution in [2.75, 3.05) is 0 Å². The maximum atomic E-state index is 13.3. The number of aromatic nitrogens is 4. The summed E-state index contributed by atoms with van der Waals surface area (Å²) >= 11 is 6.12. The van der Waals surface area contributed by atoms with Crippen LogP contribution in [0.5, 0.6) is 0 Å². The summed E-state index contributed by atoms with van der Waals surface area (Å²) in [5.41, 5.74) is 1.56. The van der Waals surface area contributed by atoms with Crippen LogP contribution in [0, 0.1) is 11.8 Å². The number of pyridine rings is 1. The molecule has 8 nitrogen and oxygen atoms in total. The average Bonchev–Trinajstić information content (AvgIpc) is 3.29. The van der Waals surface area contributed by atoms with Crippen LogP contribution in [-0.2, 0) is 17.1 Å². The Hall–Kier alpha value is -2.50. The highest BCUT2D eigenvalue weighted by molar-refractivity contribution is 9.10. The van der Waals surface area contributed by atoms with E-state index in [4.69, 9.17) is 4.98 Å². The van der Waals surface area contributed by atoms with Crippen molar-refractivity contribution < 1.29 is 9.90 Å². The first-order valence-corrected chi connectivity index (χ1v) is 13.5. The predicted octanol–water partition coefficient (Wildman–Crippen LogP) is 3.08. The standard InChI is InChI=1S/C23H21BrN4O4S2/c24-15-5-6-18-25-16(9-19(29)27(18)11-15)12-34-23-26-17-7-8-33-20(17)21(30)28(23)10-13-1-3-14(4-2-13)22(31)32/h5-9,11,13-14H,1-4,10,12H2,(H,31,32)/p-1. The number of carboxylic acid groups (broad SMARTS) is 1. The molecule has 0 radical (unpaired) electrons. The van der Waals surface area contributed by atoms with E-state index >= 15 is 0 Å². The molecule has 0 atom stereocenters. The van der Waals surface area contributed by atoms with Crippen molar-refractivity contribution in [1.29, 1.82) is 0 Å². The van der Waals surface area contributed by atoms with Gasteiger partial charge in [0, 0.05) is 35.0 Å². The highest BCUT2D eigenvalue weighted by atomic mass is 79.9. The van der Waals surface area contributed by atoms with Crippen LogP contribution in [0.4, 0.5) is 0 Å². The average molecular weight is 560 g/mol. The Kier molecular flexibility index (Phi) is 6.59. The van der Waals surface area contributed by atoms with Crippen molar-refractivity contribution >= 4 is 60.9 Å². The minimum Gasteiger partial charge on any atom is -0.550 e. The molecule has 1 saturated carbocycles. The predicted molar refractivity (Wildman–Crippen MR) is 133 cm³/mol. The molecule has 34 heavy (non-hydrogen) atoms. The van der Waals surface area contributed by atoms with E-state index in [1.54, 1.807) is 16.8 Å². The Labute approximate surface area is 210 Å². The number of nitrogens with zero attached hydrogens (tertiary/aromatic N) is 4. The molecule has 0 bridgehead atoms. The molecule has 11 heteroatoms. The van der Waals surface area contributed by atoms with Gasteiger partial charge in [0.2, 0.25) is 0 Å². The third-order valence-electron chi connectivity index (χ3n) is 6.18. The van der Waals surface area contributed by atoms with Gasteiger partial charge >= 0.3 is 0 Å². The van der Waals surface area contributed by atoms with Crippen LogP contribution in [0.1, 0.15) is 31.4 Å². The van der Waals surface area contributed by atoms with Gasteiger partial charge in [-0.2, -0.15) is 0 Å². The summed E-state index contributed by atoms with van der Waals surface area (Å²) < 4.78 is 4.59. The van der Waals surface area contributed by atoms with Crippen LogP contribution in [0.15, 0.2) is 55.1 Å². The SMILES string of the molecule is O=C([O-])C1CCC(Cn2c(SCc3cc(=O)n4cc(Br)ccc4n3)nc3ccsc3c2=O)CC1. The number of thiophene rings is 1. The zero-order chi connectivity index (χ0) is 23.8. The van der Waals surface area contributed by atoms with Crippen molar-refractivity contribution in [3.05, 3.63) is 66.7 Å². The molecule has 0 N–H and O–H groups in total. The summed E-state index contributed by atoms with van der Waals surface area (Å²) in [6.45, 7) is 0.490. The number of hydrogen-bond acceptors (Lipinski definition) is 8. The van der Waals surface area contributed by atoms with Crippen molar-refractivity contribution in [2.24, 2.45) is 11.8 Å². The monoisotopic (exact) mass is 559 g/mol. The number of aliphatic carboxylic acids is 1. The number of carbonyl (C=O) groups is 1. The lowest BCUT2D eigenvalue weighted by atomic mass is 9.82. The number of thioether (sulfide) groups is 1. The van der Waals surface area contributed by atoms with Crippen LogP contribution in [0.3, 0.4) is 0 Å². The molecule has 0 unspecified atom stereocenters. The fraction of sp³-hybridized carbons (Fsp3) is 0.348. The third-order valence-corrected chi connectivity index (χ3v) is 8.55. The zero-order valence-electron chi connectivity index (χ0n) is 18.0. The molecule has 5 rings (SSSR count). The first-order valence-electron chi connectivity index (χ1n) is 10.9. The number of hydrogen-bond donors (Lipinski definition) is 0. The molecule has 1 aliphatic rings. The lowest BCUT2D eigenvalue weighted by molar-refractivity contribution is -0.312. The van der Waals surface area contributed by atoms with Gasteiger partial charge in [-0.05, 0) is 77.0 Å². The lowest BCUT2D eigenvalue weighted by Crippen LogP contribution is -2.35. The quantitative estimate of drug-likeness (QED) is 0.263. The van der Waals surface area contributed by atoms with Crippen molar-refractivity contribution in [3.63, 3.8) is 0 Å². The minimum atomic E-state index is -0.986. The van der Waals surface area contributed by atoms with Crippen LogP contribution < -0.4 is 16.2 Å². The van der Waals surface area contributed by atoms with E-state index in [9.17, 15) is 19.5 Å². The summed E-state index contributed by atoms with van der Waals surface area (Å²) in [6, 6.07) is 6.93. The van der Waals surface area contributed by atoms with Gasteiger partial charge in [0.1, 0.15) is 10.3 Å². The number of carboxylic acids is 1. The van der Waals surface area contributed by atoms with Gasteiger partial charge in [-0.1, -0.05) is 11.8 Å². The highest BCUT2D eigenvalue weighted by Crippen LogP contribution is 2.31. The second-order valence-electron chi connectivity index (χ2n) is 8.43. The Bertz CT molecular complexity index is 1500. The molecule has 0 saturated heterocycles. The fourth-order valence-corrected chi connectivity index (χ4v) is 6.39. The molecule has 176 valence electrons. The van der Waals surface area contributed by atoms with Gasteiger partial charge in [-0.25, -0.2) is 9.97 Å². The zero-order valence-corrected chi connectivity index (χ0v) is 21.2. The van der Waals surface area contributed by atoms with Crippen LogP contribution >= 0.6 is 39.0 Å². The molecule has 0 spiro atoms. The minimum absolute atomic E-state index is 0.0825. The molecule has 0 aromatic carbocycles. The largest absolute Gasteiger partial charge is 0.550 e. The second-order valence-corrected chi connectivity index (χ2v) is 11.2. The van der Waals surface area contributed by atoms with Gasteiger partial charge < -0.3 is 9.90 Å². The maximum Gasteiger partial charge on any atom is 0.272 e. The Morgan fingerprint density at radius 2 is 1.97 bits per heavy atom. The Morgan fingerprint density at radius 3 is 2.74 bits per heavy atom. The van der Waals surface area contributed by atoms with E-state index in [1.165, 1.54) is 33.6 Å². The van der Waals surface area contributed by atoms with Gasteiger partial charge in [0.05, 0.1) is 11.2 Å². The fourth-order valence-electron chi connectivity index (χ4n) is 4.37. The molecule has 0 amide bonds. The van der Waals surface area contributed by atoms with Crippen LogP contribution in [-0.4, -0.2) is 24.9 Å². The van der Waals surface area contributed by atoms with Crippen LogP contribution in [0.25, 0.3) is 15.9 Å². The number of fused-ring (bicyclic) bond motifs is 2. The lowest BCUT2D eigenvalue weighted by Gasteiger charge is -2.29. The molecule has 4 aromatic rings. The van der Waals surface area contributed by atoms with Gasteiger partial charge in [0.25, 0.3) is 11.1 Å². The molecule has 4 aromatic heterocycles. The number of carbonyl (C=O) groups excluding carboxylic acids is 1. The van der Waals surface area contributed by atoms with E-state index in [0.717, 1.165) is 17.3 Å². The third kappa shape index (κ3) is 4.69. The van der Waals surface area contributed by atoms with Crippen molar-refractivity contribution in [3.8, 4) is 0 Å². The van der Waals surface area contributed by atoms with E-state index in [2.05, 4.69) is 20.9 Å². The summed E-state index contributed by atoms with van der Waals surface area (Å²) in [5, 5.41) is 13.6. The summed E-state index contributed by atoms with van der Waals surface area (Å²) in [5.74, 6) is -0.798. The van der Waals surface area contributed by atoms with E-state index in [0.29, 0.717) is 51.9 Å². The highest BCUT2D eigenvalue weighted by Gasteiger charge is 2.24. The Morgan fingerprint density at radius 1 is 1.18 bits per heavy atom. The van der Waals surface area contributed by atoms with Crippen molar-refractivity contribution in [2.45, 2.75) is 43.1 Å². The van der Waals surface area contributed by atoms with Crippen LogP contribution in [0.2, 0.25) is 0 Å². The summed E-state index contributed by atoms with van der Waals surface area (Å²) in [4.78, 5) is 46.3. The molecule has 1 aliphatic carbocycles. The first kappa shape index (κ1) is 23.3. The topological polar surface area (TPSA) is 109 Å². The number of rotatable bonds is 6. The van der Waals surface area contributed by atoms with E-state index < -0.39 is 11.9 Å². The van der Waals surface area contributed by atoms with E-state index in [-0.39, 0.29) is 17.0 Å². The molecular formula is C23H20BrN4O4S2-.